The first-order valence-electron chi connectivity index (χ1n) is 7.63. The number of hydrogen-bond donors (Lipinski definition) is 1. The fourth-order valence-electron chi connectivity index (χ4n) is 2.50. The maximum atomic E-state index is 13.3. The molecule has 6 nitrogen and oxygen atoms in total. The number of aromatic nitrogens is 3. The molecule has 0 aliphatic rings. The molecule has 4 aromatic rings. The van der Waals surface area contributed by atoms with Gasteiger partial charge in [0.25, 0.3) is 5.89 Å². The molecule has 8 heteroatoms. The van der Waals surface area contributed by atoms with E-state index in [9.17, 15) is 9.18 Å². The molecule has 0 radical (unpaired) electrons. The average Bonchev–Trinajstić information content (AvgIpc) is 3.25. The summed E-state index contributed by atoms with van der Waals surface area (Å²) in [7, 11) is 0. The lowest BCUT2D eigenvalue weighted by Gasteiger charge is -2.00. The third-order valence-electron chi connectivity index (χ3n) is 3.71. The van der Waals surface area contributed by atoms with Gasteiger partial charge in [-0.2, -0.15) is 0 Å². The molecule has 2 heterocycles. The number of halogens is 2. The Hall–Kier alpha value is -3.19. The summed E-state index contributed by atoms with van der Waals surface area (Å²) in [5.41, 5.74) is 1.32. The van der Waals surface area contributed by atoms with Crippen molar-refractivity contribution in [1.82, 2.24) is 15.2 Å². The molecular formula is C18H11ClFN3O3. The summed E-state index contributed by atoms with van der Waals surface area (Å²) in [6.45, 7) is -0.229. The van der Waals surface area contributed by atoms with E-state index in [1.54, 1.807) is 18.2 Å². The van der Waals surface area contributed by atoms with E-state index in [0.717, 1.165) is 10.9 Å². The second-order valence-corrected chi connectivity index (χ2v) is 5.82. The number of esters is 1. The van der Waals surface area contributed by atoms with Crippen LogP contribution >= 0.6 is 11.6 Å². The number of fused-ring (bicyclic) bond motifs is 1. The molecule has 0 aliphatic carbocycles. The highest BCUT2D eigenvalue weighted by atomic mass is 35.5. The quantitative estimate of drug-likeness (QED) is 0.539. The SMILES string of the molecule is O=C(OCc1nnc(-c2cccc(F)c2)o1)c1[nH]c2ccccc2c1Cl. The number of H-pyrrole nitrogens is 1. The van der Waals surface area contributed by atoms with Gasteiger partial charge in [0.15, 0.2) is 6.61 Å². The molecule has 0 atom stereocenters. The first-order valence-corrected chi connectivity index (χ1v) is 8.01. The Bertz CT molecular complexity index is 1110. The predicted octanol–water partition coefficient (Wildman–Crippen LogP) is 4.37. The normalized spacial score (nSPS) is 11.0. The maximum absolute atomic E-state index is 13.3. The Morgan fingerprint density at radius 1 is 1.19 bits per heavy atom. The fraction of sp³-hybridized carbons (Fsp3) is 0.0556. The van der Waals surface area contributed by atoms with E-state index in [-0.39, 0.29) is 29.1 Å². The van der Waals surface area contributed by atoms with Crippen LogP contribution in [0.3, 0.4) is 0 Å². The molecule has 2 aromatic heterocycles. The van der Waals surface area contributed by atoms with Crippen molar-refractivity contribution in [3.8, 4) is 11.5 Å². The van der Waals surface area contributed by atoms with Gasteiger partial charge in [0.05, 0.1) is 5.02 Å². The standard InChI is InChI=1S/C18H11ClFN3O3/c19-15-12-6-1-2-7-13(12)21-16(15)18(24)25-9-14-22-23-17(26-14)10-4-3-5-11(20)8-10/h1-8,21H,9H2. The number of nitrogens with one attached hydrogen (secondary N) is 1. The number of carbonyl (C=O) groups is 1. The number of carbonyl (C=O) groups excluding carboxylic acids is 1. The van der Waals surface area contributed by atoms with Crippen molar-refractivity contribution < 1.29 is 18.3 Å². The summed E-state index contributed by atoms with van der Waals surface area (Å²) in [6.07, 6.45) is 0. The van der Waals surface area contributed by atoms with E-state index >= 15 is 0 Å². The van der Waals surface area contributed by atoms with Crippen LogP contribution in [0.5, 0.6) is 0 Å². The van der Waals surface area contributed by atoms with Gasteiger partial charge < -0.3 is 14.1 Å². The lowest BCUT2D eigenvalue weighted by molar-refractivity contribution is 0.0433. The Labute approximate surface area is 151 Å². The summed E-state index contributed by atoms with van der Waals surface area (Å²) >= 11 is 6.21. The van der Waals surface area contributed by atoms with Gasteiger partial charge in [-0.15, -0.1) is 10.2 Å². The van der Waals surface area contributed by atoms with Gasteiger partial charge >= 0.3 is 5.97 Å². The average molecular weight is 372 g/mol. The Morgan fingerprint density at radius 3 is 2.85 bits per heavy atom. The topological polar surface area (TPSA) is 81.0 Å². The minimum absolute atomic E-state index is 0.0878. The van der Waals surface area contributed by atoms with Gasteiger partial charge in [-0.3, -0.25) is 0 Å². The zero-order valence-electron chi connectivity index (χ0n) is 13.2. The largest absolute Gasteiger partial charge is 0.451 e. The van der Waals surface area contributed by atoms with Crippen LogP contribution in [0.15, 0.2) is 52.9 Å². The van der Waals surface area contributed by atoms with Crippen molar-refractivity contribution in [1.29, 1.82) is 0 Å². The molecule has 0 bridgehead atoms. The summed E-state index contributed by atoms with van der Waals surface area (Å²) in [5, 5.41) is 8.63. The first kappa shape index (κ1) is 16.3. The van der Waals surface area contributed by atoms with E-state index in [2.05, 4.69) is 15.2 Å². The Morgan fingerprint density at radius 2 is 2.04 bits per heavy atom. The zero-order chi connectivity index (χ0) is 18.1. The van der Waals surface area contributed by atoms with Crippen LogP contribution < -0.4 is 0 Å². The highest BCUT2D eigenvalue weighted by Gasteiger charge is 2.19. The molecule has 0 spiro atoms. The van der Waals surface area contributed by atoms with Crippen molar-refractivity contribution in [2.24, 2.45) is 0 Å². The first-order chi connectivity index (χ1) is 12.6. The summed E-state index contributed by atoms with van der Waals surface area (Å²) in [4.78, 5) is 15.2. The minimum atomic E-state index is -0.642. The highest BCUT2D eigenvalue weighted by Crippen LogP contribution is 2.28. The van der Waals surface area contributed by atoms with Crippen LogP contribution in [0.2, 0.25) is 5.02 Å². The van der Waals surface area contributed by atoms with E-state index < -0.39 is 11.8 Å². The monoisotopic (exact) mass is 371 g/mol. The van der Waals surface area contributed by atoms with Gasteiger partial charge in [-0.1, -0.05) is 35.9 Å². The van der Waals surface area contributed by atoms with Gasteiger partial charge in [-0.25, -0.2) is 9.18 Å². The van der Waals surface area contributed by atoms with Gasteiger partial charge in [0.2, 0.25) is 5.89 Å². The number of para-hydroxylation sites is 1. The molecule has 0 unspecified atom stereocenters. The third kappa shape index (κ3) is 3.04. The number of benzene rings is 2. The summed E-state index contributed by atoms with van der Waals surface area (Å²) in [5.74, 6) is -0.831. The number of rotatable bonds is 4. The molecule has 4 rings (SSSR count). The van der Waals surface area contributed by atoms with Gasteiger partial charge in [0.1, 0.15) is 11.5 Å². The van der Waals surface area contributed by atoms with Crippen molar-refractivity contribution in [3.05, 3.63) is 71.0 Å². The van der Waals surface area contributed by atoms with Crippen molar-refractivity contribution in [2.45, 2.75) is 6.61 Å². The van der Waals surface area contributed by atoms with Crippen LogP contribution in [0.1, 0.15) is 16.4 Å². The minimum Gasteiger partial charge on any atom is -0.451 e. The van der Waals surface area contributed by atoms with Crippen molar-refractivity contribution in [2.75, 3.05) is 0 Å². The summed E-state index contributed by atoms with van der Waals surface area (Å²) in [6, 6.07) is 13.0. The van der Waals surface area contributed by atoms with Gasteiger partial charge in [0, 0.05) is 16.5 Å². The maximum Gasteiger partial charge on any atom is 0.356 e. The second kappa shape index (κ2) is 6.61. The molecule has 2 aromatic carbocycles. The zero-order valence-corrected chi connectivity index (χ0v) is 14.0. The number of hydrogen-bond acceptors (Lipinski definition) is 5. The number of aromatic amines is 1. The molecule has 0 saturated heterocycles. The van der Waals surface area contributed by atoms with E-state index in [1.807, 2.05) is 12.1 Å². The highest BCUT2D eigenvalue weighted by molar-refractivity contribution is 6.38. The van der Waals surface area contributed by atoms with Crippen molar-refractivity contribution in [3.63, 3.8) is 0 Å². The summed E-state index contributed by atoms with van der Waals surface area (Å²) < 4.78 is 23.8. The molecule has 130 valence electrons. The Kier molecular flexibility index (Phi) is 4.14. The lowest BCUT2D eigenvalue weighted by Crippen LogP contribution is -2.06. The van der Waals surface area contributed by atoms with Crippen molar-refractivity contribution >= 4 is 28.5 Å². The molecule has 0 fully saturated rings. The van der Waals surface area contributed by atoms with E-state index in [4.69, 9.17) is 20.8 Å². The van der Waals surface area contributed by atoms with E-state index in [1.165, 1.54) is 18.2 Å². The molecule has 1 N–H and O–H groups in total. The molecule has 0 saturated carbocycles. The van der Waals surface area contributed by atoms with E-state index in [0.29, 0.717) is 5.56 Å². The predicted molar refractivity (Wildman–Crippen MR) is 92.1 cm³/mol. The number of ether oxygens (including phenoxy) is 1. The molecular weight excluding hydrogens is 361 g/mol. The smallest absolute Gasteiger partial charge is 0.356 e. The van der Waals surface area contributed by atoms with Gasteiger partial charge in [-0.05, 0) is 24.3 Å². The van der Waals surface area contributed by atoms with Crippen LogP contribution in [0.25, 0.3) is 22.4 Å². The third-order valence-corrected chi connectivity index (χ3v) is 4.10. The number of nitrogens with zero attached hydrogens (tertiary/aromatic N) is 2. The van der Waals surface area contributed by atoms with Crippen LogP contribution in [0, 0.1) is 5.82 Å². The fourth-order valence-corrected chi connectivity index (χ4v) is 2.79. The van der Waals surface area contributed by atoms with Crippen LogP contribution in [-0.4, -0.2) is 21.2 Å². The molecule has 0 amide bonds. The lowest BCUT2D eigenvalue weighted by atomic mass is 10.2. The molecule has 26 heavy (non-hydrogen) atoms. The Balaban J connectivity index is 1.48. The van der Waals surface area contributed by atoms with Crippen LogP contribution in [-0.2, 0) is 11.3 Å². The molecule has 0 aliphatic heterocycles. The second-order valence-electron chi connectivity index (χ2n) is 5.45. The van der Waals surface area contributed by atoms with Crippen LogP contribution in [0.4, 0.5) is 4.39 Å².